The fraction of sp³-hybridized carbons (Fsp3) is 0.316. The predicted octanol–water partition coefficient (Wildman–Crippen LogP) is 3.10. The van der Waals surface area contributed by atoms with Gasteiger partial charge in [-0.1, -0.05) is 18.2 Å². The van der Waals surface area contributed by atoms with E-state index in [2.05, 4.69) is 25.9 Å². The molecule has 2 aromatic rings. The van der Waals surface area contributed by atoms with Gasteiger partial charge >= 0.3 is 6.18 Å². The first-order valence-corrected chi connectivity index (χ1v) is 8.62. The molecule has 0 fully saturated rings. The maximum absolute atomic E-state index is 12.6. The average Bonchev–Trinajstić information content (AvgIpc) is 2.64. The van der Waals surface area contributed by atoms with Gasteiger partial charge in [-0.15, -0.1) is 0 Å². The van der Waals surface area contributed by atoms with Crippen LogP contribution in [-0.2, 0) is 17.5 Å². The Bertz CT molecular complexity index is 819. The van der Waals surface area contributed by atoms with Crippen molar-refractivity contribution in [2.45, 2.75) is 26.1 Å². The molecule has 0 saturated carbocycles. The zero-order valence-electron chi connectivity index (χ0n) is 15.6. The number of pyridine rings is 1. The predicted molar refractivity (Wildman–Crippen MR) is 102 cm³/mol. The van der Waals surface area contributed by atoms with Crippen LogP contribution in [0.1, 0.15) is 23.2 Å². The minimum Gasteiger partial charge on any atom is -0.356 e. The van der Waals surface area contributed by atoms with Gasteiger partial charge in [0.1, 0.15) is 5.82 Å². The number of rotatable bonds is 6. The standard InChI is InChI=1S/C19H22F3N5O/c1-13-4-3-5-16(26-13)27-17(28)10-11-24-18(23-2)25-12-14-6-8-15(9-7-14)19(20,21)22/h3-9H,10-12H2,1-2H3,(H2,23,24,25)(H,26,27,28). The van der Waals surface area contributed by atoms with Gasteiger partial charge in [0.15, 0.2) is 5.96 Å². The number of hydrogen-bond acceptors (Lipinski definition) is 3. The highest BCUT2D eigenvalue weighted by molar-refractivity contribution is 5.90. The maximum Gasteiger partial charge on any atom is 0.416 e. The first kappa shape index (κ1) is 21.2. The van der Waals surface area contributed by atoms with Gasteiger partial charge in [-0.3, -0.25) is 9.79 Å². The molecule has 150 valence electrons. The second kappa shape index (κ2) is 9.72. The average molecular weight is 393 g/mol. The molecule has 0 spiro atoms. The number of hydrogen-bond donors (Lipinski definition) is 3. The van der Waals surface area contributed by atoms with Gasteiger partial charge in [-0.2, -0.15) is 13.2 Å². The number of nitrogens with zero attached hydrogens (tertiary/aromatic N) is 2. The van der Waals surface area contributed by atoms with Gasteiger partial charge in [0.25, 0.3) is 0 Å². The third kappa shape index (κ3) is 6.90. The van der Waals surface area contributed by atoms with Crippen LogP contribution in [0, 0.1) is 6.92 Å². The second-order valence-electron chi connectivity index (χ2n) is 6.01. The highest BCUT2D eigenvalue weighted by atomic mass is 19.4. The summed E-state index contributed by atoms with van der Waals surface area (Å²) in [5, 5.41) is 8.68. The van der Waals surface area contributed by atoms with Crippen molar-refractivity contribution in [3.05, 3.63) is 59.3 Å². The lowest BCUT2D eigenvalue weighted by Crippen LogP contribution is -2.38. The van der Waals surface area contributed by atoms with E-state index in [0.717, 1.165) is 17.8 Å². The number of carbonyl (C=O) groups excluding carboxylic acids is 1. The van der Waals surface area contributed by atoms with Gasteiger partial charge in [0, 0.05) is 32.3 Å². The summed E-state index contributed by atoms with van der Waals surface area (Å²) < 4.78 is 37.7. The number of aryl methyl sites for hydroxylation is 1. The van der Waals surface area contributed by atoms with E-state index >= 15 is 0 Å². The molecule has 0 saturated heterocycles. The summed E-state index contributed by atoms with van der Waals surface area (Å²) in [5.74, 6) is 0.750. The van der Waals surface area contributed by atoms with Crippen molar-refractivity contribution in [2.75, 3.05) is 18.9 Å². The van der Waals surface area contributed by atoms with E-state index in [1.54, 1.807) is 13.1 Å². The van der Waals surface area contributed by atoms with Crippen LogP contribution in [0.4, 0.5) is 19.0 Å². The Morgan fingerprint density at radius 2 is 1.82 bits per heavy atom. The molecule has 0 aliphatic heterocycles. The van der Waals surface area contributed by atoms with E-state index in [4.69, 9.17) is 0 Å². The molecule has 1 heterocycles. The number of amides is 1. The Balaban J connectivity index is 1.74. The van der Waals surface area contributed by atoms with E-state index in [9.17, 15) is 18.0 Å². The van der Waals surface area contributed by atoms with E-state index in [-0.39, 0.29) is 12.3 Å². The van der Waals surface area contributed by atoms with Crippen molar-refractivity contribution in [1.82, 2.24) is 15.6 Å². The normalized spacial score (nSPS) is 11.8. The SMILES string of the molecule is CN=C(NCCC(=O)Nc1cccc(C)n1)NCc1ccc(C(F)(F)F)cc1. The smallest absolute Gasteiger partial charge is 0.356 e. The lowest BCUT2D eigenvalue weighted by atomic mass is 10.1. The molecule has 1 amide bonds. The summed E-state index contributed by atoms with van der Waals surface area (Å²) in [6.07, 6.45) is -4.14. The van der Waals surface area contributed by atoms with Crippen molar-refractivity contribution in [1.29, 1.82) is 0 Å². The highest BCUT2D eigenvalue weighted by Gasteiger charge is 2.29. The topological polar surface area (TPSA) is 78.4 Å². The molecule has 1 aromatic carbocycles. The van der Waals surface area contributed by atoms with Crippen molar-refractivity contribution < 1.29 is 18.0 Å². The number of nitrogens with one attached hydrogen (secondary N) is 3. The van der Waals surface area contributed by atoms with E-state index in [1.165, 1.54) is 12.1 Å². The number of guanidine groups is 1. The van der Waals surface area contributed by atoms with Gasteiger partial charge in [0.05, 0.1) is 5.56 Å². The van der Waals surface area contributed by atoms with Crippen LogP contribution >= 0.6 is 0 Å². The van der Waals surface area contributed by atoms with Crippen molar-refractivity contribution in [2.24, 2.45) is 4.99 Å². The number of anilines is 1. The van der Waals surface area contributed by atoms with Gasteiger partial charge in [-0.25, -0.2) is 4.98 Å². The fourth-order valence-electron chi connectivity index (χ4n) is 2.33. The Kier molecular flexibility index (Phi) is 7.36. The molecule has 0 atom stereocenters. The summed E-state index contributed by atoms with van der Waals surface area (Å²) in [7, 11) is 1.57. The van der Waals surface area contributed by atoms with Gasteiger partial charge in [0.2, 0.25) is 5.91 Å². The number of carbonyl (C=O) groups is 1. The van der Waals surface area contributed by atoms with Crippen LogP contribution in [0.2, 0.25) is 0 Å². The third-order valence-corrected chi connectivity index (χ3v) is 3.77. The first-order valence-electron chi connectivity index (χ1n) is 8.62. The van der Waals surface area contributed by atoms with E-state index < -0.39 is 11.7 Å². The molecule has 0 unspecified atom stereocenters. The number of halogens is 3. The van der Waals surface area contributed by atoms with Crippen molar-refractivity contribution in [3.63, 3.8) is 0 Å². The summed E-state index contributed by atoms with van der Waals surface area (Å²) >= 11 is 0. The zero-order chi connectivity index (χ0) is 20.6. The highest BCUT2D eigenvalue weighted by Crippen LogP contribution is 2.29. The summed E-state index contributed by atoms with van der Waals surface area (Å²) in [4.78, 5) is 20.2. The maximum atomic E-state index is 12.6. The number of alkyl halides is 3. The van der Waals surface area contributed by atoms with Crippen molar-refractivity contribution >= 4 is 17.7 Å². The zero-order valence-corrected chi connectivity index (χ0v) is 15.6. The fourth-order valence-corrected chi connectivity index (χ4v) is 2.33. The van der Waals surface area contributed by atoms with Gasteiger partial charge < -0.3 is 16.0 Å². The van der Waals surface area contributed by atoms with Crippen molar-refractivity contribution in [3.8, 4) is 0 Å². The molecule has 0 aliphatic carbocycles. The van der Waals surface area contributed by atoms with Crippen LogP contribution in [0.3, 0.4) is 0 Å². The molecule has 3 N–H and O–H groups in total. The minimum atomic E-state index is -4.35. The van der Waals surface area contributed by atoms with Crippen LogP contribution in [0.25, 0.3) is 0 Å². The number of aliphatic imine (C=N–C) groups is 1. The van der Waals surface area contributed by atoms with E-state index in [1.807, 2.05) is 19.1 Å². The quantitative estimate of drug-likeness (QED) is 0.521. The van der Waals surface area contributed by atoms with Crippen LogP contribution in [-0.4, -0.2) is 30.4 Å². The van der Waals surface area contributed by atoms with Gasteiger partial charge in [-0.05, 0) is 36.8 Å². The summed E-state index contributed by atoms with van der Waals surface area (Å²) in [6, 6.07) is 10.3. The van der Waals surface area contributed by atoms with E-state index in [0.29, 0.717) is 30.4 Å². The molecule has 9 heteroatoms. The minimum absolute atomic E-state index is 0.191. The first-order chi connectivity index (χ1) is 13.3. The third-order valence-electron chi connectivity index (χ3n) is 3.77. The Hall–Kier alpha value is -3.10. The Morgan fingerprint density at radius 3 is 2.43 bits per heavy atom. The summed E-state index contributed by atoms with van der Waals surface area (Å²) in [6.45, 7) is 2.48. The Morgan fingerprint density at radius 1 is 1.11 bits per heavy atom. The lowest BCUT2D eigenvalue weighted by Gasteiger charge is -2.13. The van der Waals surface area contributed by atoms with Crippen LogP contribution < -0.4 is 16.0 Å². The van der Waals surface area contributed by atoms with Crippen LogP contribution in [0.5, 0.6) is 0 Å². The molecule has 0 radical (unpaired) electrons. The molecular formula is C19H22F3N5O. The molecule has 28 heavy (non-hydrogen) atoms. The molecule has 6 nitrogen and oxygen atoms in total. The molecule has 2 rings (SSSR count). The number of aromatic nitrogens is 1. The Labute approximate surface area is 161 Å². The molecular weight excluding hydrogens is 371 g/mol. The number of benzene rings is 1. The molecule has 0 aliphatic rings. The molecule has 0 bridgehead atoms. The second-order valence-corrected chi connectivity index (χ2v) is 6.01. The molecule has 1 aromatic heterocycles. The lowest BCUT2D eigenvalue weighted by molar-refractivity contribution is -0.137. The largest absolute Gasteiger partial charge is 0.416 e. The van der Waals surface area contributed by atoms with Crippen LogP contribution in [0.15, 0.2) is 47.5 Å². The summed E-state index contributed by atoms with van der Waals surface area (Å²) in [5.41, 5.74) is 0.802. The monoisotopic (exact) mass is 393 g/mol.